The van der Waals surface area contributed by atoms with Gasteiger partial charge in [0.15, 0.2) is 0 Å². The third-order valence-electron chi connectivity index (χ3n) is 2.75. The number of carboxylic acid groups (broad SMARTS) is 1. The van der Waals surface area contributed by atoms with E-state index in [0.717, 1.165) is 11.3 Å². The molecule has 0 aliphatic carbocycles. The molecule has 0 radical (unpaired) electrons. The summed E-state index contributed by atoms with van der Waals surface area (Å²) < 4.78 is 28.3. The summed E-state index contributed by atoms with van der Waals surface area (Å²) in [6.45, 7) is -2.42. The molecule has 0 bridgehead atoms. The molecular formula is C15H13F2NO3. The summed E-state index contributed by atoms with van der Waals surface area (Å²) in [5.74, 6) is -0.895. The molecule has 0 aromatic heterocycles. The van der Waals surface area contributed by atoms with Gasteiger partial charge in [0, 0.05) is 12.2 Å². The van der Waals surface area contributed by atoms with Crippen molar-refractivity contribution in [2.45, 2.75) is 13.2 Å². The second-order valence-electron chi connectivity index (χ2n) is 4.26. The maximum Gasteiger partial charge on any atom is 0.387 e. The molecule has 0 fully saturated rings. The first-order valence-electron chi connectivity index (χ1n) is 6.15. The SMILES string of the molecule is O=C(O)c1cccc(CNc2ccc(OC(F)F)cc2)c1. The predicted octanol–water partition coefficient (Wildman–Crippen LogP) is 3.60. The van der Waals surface area contributed by atoms with Crippen molar-refractivity contribution in [1.82, 2.24) is 0 Å². The molecule has 2 aromatic carbocycles. The number of carbonyl (C=O) groups is 1. The first-order chi connectivity index (χ1) is 10.0. The van der Waals surface area contributed by atoms with Gasteiger partial charge < -0.3 is 15.2 Å². The number of anilines is 1. The Morgan fingerprint density at radius 1 is 1.19 bits per heavy atom. The van der Waals surface area contributed by atoms with Gasteiger partial charge in [-0.15, -0.1) is 0 Å². The number of hydrogen-bond donors (Lipinski definition) is 2. The zero-order valence-corrected chi connectivity index (χ0v) is 10.9. The van der Waals surface area contributed by atoms with Crippen molar-refractivity contribution >= 4 is 11.7 Å². The molecule has 0 heterocycles. The van der Waals surface area contributed by atoms with Crippen LogP contribution in [-0.4, -0.2) is 17.7 Å². The highest BCUT2D eigenvalue weighted by Crippen LogP contribution is 2.18. The Morgan fingerprint density at radius 2 is 1.90 bits per heavy atom. The van der Waals surface area contributed by atoms with Gasteiger partial charge in [-0.1, -0.05) is 12.1 Å². The predicted molar refractivity (Wildman–Crippen MR) is 73.8 cm³/mol. The lowest BCUT2D eigenvalue weighted by Crippen LogP contribution is -2.03. The van der Waals surface area contributed by atoms with E-state index in [1.54, 1.807) is 30.3 Å². The molecular weight excluding hydrogens is 280 g/mol. The van der Waals surface area contributed by atoms with Crippen LogP contribution >= 0.6 is 0 Å². The number of hydrogen-bond acceptors (Lipinski definition) is 3. The van der Waals surface area contributed by atoms with Gasteiger partial charge in [-0.3, -0.25) is 0 Å². The lowest BCUT2D eigenvalue weighted by Gasteiger charge is -2.09. The summed E-state index contributed by atoms with van der Waals surface area (Å²) in [5.41, 5.74) is 1.75. The van der Waals surface area contributed by atoms with E-state index < -0.39 is 12.6 Å². The highest BCUT2D eigenvalue weighted by atomic mass is 19.3. The van der Waals surface area contributed by atoms with Crippen LogP contribution < -0.4 is 10.1 Å². The fraction of sp³-hybridized carbons (Fsp3) is 0.133. The number of alkyl halides is 2. The Hall–Kier alpha value is -2.63. The van der Waals surface area contributed by atoms with E-state index in [1.807, 2.05) is 0 Å². The van der Waals surface area contributed by atoms with Gasteiger partial charge in [-0.25, -0.2) is 4.79 Å². The molecule has 21 heavy (non-hydrogen) atoms. The number of ether oxygens (including phenoxy) is 1. The fourth-order valence-corrected chi connectivity index (χ4v) is 1.77. The smallest absolute Gasteiger partial charge is 0.387 e. The zero-order chi connectivity index (χ0) is 15.2. The van der Waals surface area contributed by atoms with Crippen molar-refractivity contribution in [3.05, 3.63) is 59.7 Å². The molecule has 2 N–H and O–H groups in total. The van der Waals surface area contributed by atoms with E-state index >= 15 is 0 Å². The standard InChI is InChI=1S/C15H13F2NO3/c16-15(17)21-13-6-4-12(5-7-13)18-9-10-2-1-3-11(8-10)14(19)20/h1-8,15,18H,9H2,(H,19,20). The molecule has 0 saturated heterocycles. The van der Waals surface area contributed by atoms with Crippen molar-refractivity contribution in [2.24, 2.45) is 0 Å². The summed E-state index contributed by atoms with van der Waals surface area (Å²) in [7, 11) is 0. The van der Waals surface area contributed by atoms with Gasteiger partial charge in [0.25, 0.3) is 0 Å². The van der Waals surface area contributed by atoms with Crippen LogP contribution in [0.4, 0.5) is 14.5 Å². The topological polar surface area (TPSA) is 58.6 Å². The molecule has 110 valence electrons. The number of rotatable bonds is 6. The molecule has 0 aliphatic heterocycles. The normalized spacial score (nSPS) is 10.4. The van der Waals surface area contributed by atoms with E-state index in [9.17, 15) is 13.6 Å². The van der Waals surface area contributed by atoms with Crippen LogP contribution in [0.1, 0.15) is 15.9 Å². The average molecular weight is 293 g/mol. The largest absolute Gasteiger partial charge is 0.478 e. The van der Waals surface area contributed by atoms with Crippen molar-refractivity contribution in [3.8, 4) is 5.75 Å². The lowest BCUT2D eigenvalue weighted by molar-refractivity contribution is -0.0498. The molecule has 0 aliphatic rings. The number of halogens is 2. The molecule has 6 heteroatoms. The maximum atomic E-state index is 12.0. The van der Waals surface area contributed by atoms with E-state index in [-0.39, 0.29) is 11.3 Å². The van der Waals surface area contributed by atoms with E-state index in [0.29, 0.717) is 6.54 Å². The van der Waals surface area contributed by atoms with Gasteiger partial charge in [-0.05, 0) is 42.0 Å². The van der Waals surface area contributed by atoms with Crippen molar-refractivity contribution in [2.75, 3.05) is 5.32 Å². The first kappa shape index (κ1) is 14.8. The Morgan fingerprint density at radius 3 is 2.52 bits per heavy atom. The number of nitrogens with one attached hydrogen (secondary N) is 1. The second kappa shape index (κ2) is 6.69. The maximum absolute atomic E-state index is 12.0. The number of aromatic carboxylic acids is 1. The summed E-state index contributed by atoms with van der Waals surface area (Å²) in [6.07, 6.45) is 0. The third kappa shape index (κ3) is 4.45. The van der Waals surface area contributed by atoms with Crippen molar-refractivity contribution in [3.63, 3.8) is 0 Å². The fourth-order valence-electron chi connectivity index (χ4n) is 1.77. The van der Waals surface area contributed by atoms with Crippen LogP contribution in [0, 0.1) is 0 Å². The molecule has 0 amide bonds. The van der Waals surface area contributed by atoms with Gasteiger partial charge >= 0.3 is 12.6 Å². The number of benzene rings is 2. The lowest BCUT2D eigenvalue weighted by atomic mass is 10.1. The van der Waals surface area contributed by atoms with Crippen molar-refractivity contribution < 1.29 is 23.4 Å². The van der Waals surface area contributed by atoms with Crippen LogP contribution in [0.2, 0.25) is 0 Å². The molecule has 0 unspecified atom stereocenters. The zero-order valence-electron chi connectivity index (χ0n) is 10.9. The van der Waals surface area contributed by atoms with Gasteiger partial charge in [-0.2, -0.15) is 8.78 Å². The molecule has 4 nitrogen and oxygen atoms in total. The minimum atomic E-state index is -2.84. The molecule has 0 spiro atoms. The average Bonchev–Trinajstić information content (AvgIpc) is 2.46. The van der Waals surface area contributed by atoms with Crippen LogP contribution in [0.5, 0.6) is 5.75 Å². The van der Waals surface area contributed by atoms with Crippen LogP contribution in [0.25, 0.3) is 0 Å². The number of carboxylic acids is 1. The highest BCUT2D eigenvalue weighted by molar-refractivity contribution is 5.87. The van der Waals surface area contributed by atoms with E-state index in [2.05, 4.69) is 10.1 Å². The minimum Gasteiger partial charge on any atom is -0.478 e. The molecule has 2 aromatic rings. The summed E-state index contributed by atoms with van der Waals surface area (Å²) in [4.78, 5) is 10.9. The minimum absolute atomic E-state index is 0.0865. The van der Waals surface area contributed by atoms with Gasteiger partial charge in [0.2, 0.25) is 0 Å². The van der Waals surface area contributed by atoms with Crippen LogP contribution in [-0.2, 0) is 6.54 Å². The summed E-state index contributed by atoms with van der Waals surface area (Å²) in [5, 5.41) is 12.0. The van der Waals surface area contributed by atoms with Crippen LogP contribution in [0.15, 0.2) is 48.5 Å². The highest BCUT2D eigenvalue weighted by Gasteiger charge is 2.05. The Kier molecular flexibility index (Phi) is 4.71. The van der Waals surface area contributed by atoms with E-state index in [1.165, 1.54) is 18.2 Å². The summed E-state index contributed by atoms with van der Waals surface area (Å²) >= 11 is 0. The van der Waals surface area contributed by atoms with Gasteiger partial charge in [0.05, 0.1) is 5.56 Å². The van der Waals surface area contributed by atoms with Gasteiger partial charge in [0.1, 0.15) is 5.75 Å². The third-order valence-corrected chi connectivity index (χ3v) is 2.75. The monoisotopic (exact) mass is 293 g/mol. The Bertz CT molecular complexity index is 615. The quantitative estimate of drug-likeness (QED) is 0.854. The van der Waals surface area contributed by atoms with Crippen molar-refractivity contribution in [1.29, 1.82) is 0 Å². The van der Waals surface area contributed by atoms with E-state index in [4.69, 9.17) is 5.11 Å². The molecule has 2 rings (SSSR count). The first-order valence-corrected chi connectivity index (χ1v) is 6.15. The Balaban J connectivity index is 1.96. The second-order valence-corrected chi connectivity index (χ2v) is 4.26. The molecule has 0 atom stereocenters. The van der Waals surface area contributed by atoms with Crippen LogP contribution in [0.3, 0.4) is 0 Å². The summed E-state index contributed by atoms with van der Waals surface area (Å²) in [6, 6.07) is 12.6. The molecule has 0 saturated carbocycles. The Labute approximate surface area is 120 Å².